The van der Waals surface area contributed by atoms with E-state index in [1.165, 1.54) is 12.1 Å². The third-order valence-corrected chi connectivity index (χ3v) is 2.56. The van der Waals surface area contributed by atoms with Gasteiger partial charge in [0.05, 0.1) is 0 Å². The summed E-state index contributed by atoms with van der Waals surface area (Å²) in [6.45, 7) is 8.89. The Morgan fingerprint density at radius 3 is 2.39 bits per heavy atom. The number of benzene rings is 1. The van der Waals surface area contributed by atoms with Gasteiger partial charge in [-0.15, -0.1) is 0 Å². The molecule has 2 nitrogen and oxygen atoms in total. The van der Waals surface area contributed by atoms with Crippen LogP contribution in [-0.4, -0.2) is 13.2 Å². The van der Waals surface area contributed by atoms with Gasteiger partial charge in [-0.05, 0) is 36.2 Å². The first-order valence-electron chi connectivity index (χ1n) is 6.06. The van der Waals surface area contributed by atoms with Crippen molar-refractivity contribution in [1.82, 2.24) is 5.32 Å². The fourth-order valence-corrected chi connectivity index (χ4v) is 1.40. The molecule has 0 aliphatic carbocycles. The predicted octanol–water partition coefficient (Wildman–Crippen LogP) is 3.42. The molecule has 0 amide bonds. The average Bonchev–Trinajstić information content (AvgIpc) is 2.34. The summed E-state index contributed by atoms with van der Waals surface area (Å²) in [5.74, 6) is -1.68. The van der Waals surface area contributed by atoms with Gasteiger partial charge in [-0.3, -0.25) is 0 Å². The third-order valence-electron chi connectivity index (χ3n) is 2.56. The normalized spacial score (nSPS) is 10.4. The molecule has 100 valence electrons. The Balaban J connectivity index is 2.77. The number of nitrogens with one attached hydrogen (secondary N) is 1. The predicted molar refractivity (Wildman–Crippen MR) is 68.7 cm³/mol. The number of hydrogen-bond donors (Lipinski definition) is 1. The van der Waals surface area contributed by atoms with Crippen molar-refractivity contribution in [2.24, 2.45) is 0 Å². The highest BCUT2D eigenvalue weighted by Gasteiger charge is 2.12. The molecule has 0 bridgehead atoms. The molecule has 0 spiro atoms. The van der Waals surface area contributed by atoms with Crippen LogP contribution in [0.15, 0.2) is 24.3 Å². The van der Waals surface area contributed by atoms with Crippen molar-refractivity contribution in [3.63, 3.8) is 0 Å². The average molecular weight is 255 g/mol. The lowest BCUT2D eigenvalue weighted by molar-refractivity contribution is 0.309. The summed E-state index contributed by atoms with van der Waals surface area (Å²) in [5.41, 5.74) is 1.36. The first kappa shape index (κ1) is 14.6. The van der Waals surface area contributed by atoms with Crippen LogP contribution in [0.2, 0.25) is 0 Å². The van der Waals surface area contributed by atoms with Crippen LogP contribution < -0.4 is 10.1 Å². The molecule has 0 saturated heterocycles. The molecule has 0 saturated carbocycles. The zero-order chi connectivity index (χ0) is 13.5. The summed E-state index contributed by atoms with van der Waals surface area (Å²) in [6, 6.07) is 2.57. The van der Waals surface area contributed by atoms with E-state index < -0.39 is 11.6 Å². The van der Waals surface area contributed by atoms with Crippen LogP contribution in [0.25, 0.3) is 0 Å². The van der Waals surface area contributed by atoms with Gasteiger partial charge in [-0.25, -0.2) is 8.78 Å². The largest absolute Gasteiger partial charge is 0.483 e. The zero-order valence-corrected chi connectivity index (χ0v) is 10.9. The van der Waals surface area contributed by atoms with E-state index in [1.807, 2.05) is 13.8 Å². The van der Waals surface area contributed by atoms with Gasteiger partial charge >= 0.3 is 0 Å². The molecule has 0 heterocycles. The third kappa shape index (κ3) is 4.11. The molecule has 0 fully saturated rings. The van der Waals surface area contributed by atoms with Crippen LogP contribution in [0.3, 0.4) is 0 Å². The maximum Gasteiger partial charge on any atom is 0.191 e. The molecule has 1 rings (SSSR count). The Bertz CT molecular complexity index is 395. The molecule has 4 heteroatoms. The van der Waals surface area contributed by atoms with Crippen LogP contribution in [-0.2, 0) is 6.54 Å². The van der Waals surface area contributed by atoms with Gasteiger partial charge in [0, 0.05) is 6.54 Å². The highest BCUT2D eigenvalue weighted by Crippen LogP contribution is 2.24. The van der Waals surface area contributed by atoms with Crippen LogP contribution in [0.4, 0.5) is 8.78 Å². The zero-order valence-electron chi connectivity index (χ0n) is 10.9. The quantitative estimate of drug-likeness (QED) is 0.754. The first-order valence-corrected chi connectivity index (χ1v) is 6.06. The minimum absolute atomic E-state index is 0.136. The molecule has 1 aromatic carbocycles. The summed E-state index contributed by atoms with van der Waals surface area (Å²) in [7, 11) is 0. The Morgan fingerprint density at radius 1 is 1.28 bits per heavy atom. The summed E-state index contributed by atoms with van der Waals surface area (Å²) in [5, 5.41) is 3.01. The fourth-order valence-electron chi connectivity index (χ4n) is 1.40. The van der Waals surface area contributed by atoms with Crippen molar-refractivity contribution >= 4 is 0 Å². The standard InChI is InChI=1S/C14H19F2NO/c1-4-10(3)9-18-14-12(15)6-11(7-13(14)16)8-17-5-2/h6-7,17H,3-5,8-9H2,1-2H3. The molecule has 1 aromatic rings. The van der Waals surface area contributed by atoms with Crippen molar-refractivity contribution in [3.8, 4) is 5.75 Å². The summed E-state index contributed by atoms with van der Waals surface area (Å²) >= 11 is 0. The highest BCUT2D eigenvalue weighted by atomic mass is 19.1. The Kier molecular flexibility index (Phi) is 5.78. The number of ether oxygens (including phenoxy) is 1. The second-order valence-corrected chi connectivity index (χ2v) is 4.06. The molecule has 0 unspecified atom stereocenters. The summed E-state index contributed by atoms with van der Waals surface area (Å²) < 4.78 is 32.5. The van der Waals surface area contributed by atoms with E-state index in [4.69, 9.17) is 4.74 Å². The second-order valence-electron chi connectivity index (χ2n) is 4.06. The van der Waals surface area contributed by atoms with Crippen molar-refractivity contribution in [1.29, 1.82) is 0 Å². The Morgan fingerprint density at radius 2 is 1.89 bits per heavy atom. The monoisotopic (exact) mass is 255 g/mol. The Labute approximate surface area is 107 Å². The number of rotatable bonds is 7. The van der Waals surface area contributed by atoms with E-state index in [0.717, 1.165) is 18.5 Å². The van der Waals surface area contributed by atoms with Gasteiger partial charge in [0.2, 0.25) is 0 Å². The lowest BCUT2D eigenvalue weighted by Crippen LogP contribution is -2.12. The maximum atomic E-state index is 13.7. The molecule has 0 radical (unpaired) electrons. The maximum absolute atomic E-state index is 13.7. The smallest absolute Gasteiger partial charge is 0.191 e. The van der Waals surface area contributed by atoms with E-state index in [-0.39, 0.29) is 12.4 Å². The van der Waals surface area contributed by atoms with Gasteiger partial charge in [0.1, 0.15) is 6.61 Å². The molecule has 0 aliphatic rings. The van der Waals surface area contributed by atoms with E-state index in [1.54, 1.807) is 0 Å². The van der Waals surface area contributed by atoms with Crippen LogP contribution in [0.1, 0.15) is 25.8 Å². The second kappa shape index (κ2) is 7.11. The minimum Gasteiger partial charge on any atom is -0.483 e. The summed E-state index contributed by atoms with van der Waals surface area (Å²) in [4.78, 5) is 0. The minimum atomic E-state index is -0.674. The van der Waals surface area contributed by atoms with E-state index >= 15 is 0 Å². The molecular formula is C14H19F2NO. The molecule has 18 heavy (non-hydrogen) atoms. The fraction of sp³-hybridized carbons (Fsp3) is 0.429. The summed E-state index contributed by atoms with van der Waals surface area (Å²) in [6.07, 6.45) is 0.724. The lowest BCUT2D eigenvalue weighted by atomic mass is 10.2. The molecule has 1 N–H and O–H groups in total. The van der Waals surface area contributed by atoms with Crippen LogP contribution in [0.5, 0.6) is 5.75 Å². The first-order chi connectivity index (χ1) is 8.58. The van der Waals surface area contributed by atoms with Crippen LogP contribution >= 0.6 is 0 Å². The van der Waals surface area contributed by atoms with Gasteiger partial charge < -0.3 is 10.1 Å². The topological polar surface area (TPSA) is 21.3 Å². The van der Waals surface area contributed by atoms with Crippen LogP contribution in [0, 0.1) is 11.6 Å². The van der Waals surface area contributed by atoms with Crippen molar-refractivity contribution < 1.29 is 13.5 Å². The number of hydrogen-bond acceptors (Lipinski definition) is 2. The van der Waals surface area contributed by atoms with Gasteiger partial charge in [0.15, 0.2) is 17.4 Å². The van der Waals surface area contributed by atoms with Crippen molar-refractivity contribution in [2.45, 2.75) is 26.8 Å². The van der Waals surface area contributed by atoms with Crippen molar-refractivity contribution in [3.05, 3.63) is 41.5 Å². The molecular weight excluding hydrogens is 236 g/mol. The Hall–Kier alpha value is -1.42. The van der Waals surface area contributed by atoms with Crippen molar-refractivity contribution in [2.75, 3.05) is 13.2 Å². The van der Waals surface area contributed by atoms with Gasteiger partial charge in [0.25, 0.3) is 0 Å². The van der Waals surface area contributed by atoms with E-state index in [0.29, 0.717) is 12.1 Å². The van der Waals surface area contributed by atoms with E-state index in [2.05, 4.69) is 11.9 Å². The SMILES string of the molecule is C=C(CC)COc1c(F)cc(CNCC)cc1F. The number of halogens is 2. The molecule has 0 aliphatic heterocycles. The lowest BCUT2D eigenvalue weighted by Gasteiger charge is -2.11. The van der Waals surface area contributed by atoms with E-state index in [9.17, 15) is 8.78 Å². The molecule has 0 aromatic heterocycles. The molecule has 0 atom stereocenters. The highest BCUT2D eigenvalue weighted by molar-refractivity contribution is 5.31. The van der Waals surface area contributed by atoms with Gasteiger partial charge in [-0.1, -0.05) is 20.4 Å². The van der Waals surface area contributed by atoms with Gasteiger partial charge in [-0.2, -0.15) is 0 Å².